The van der Waals surface area contributed by atoms with E-state index in [9.17, 15) is 8.42 Å². The average molecular weight is 316 g/mol. The van der Waals surface area contributed by atoms with Crippen LogP contribution in [0.1, 0.15) is 18.4 Å². The van der Waals surface area contributed by atoms with Crippen LogP contribution in [0.3, 0.4) is 0 Å². The molecule has 1 aliphatic rings. The van der Waals surface area contributed by atoms with Crippen molar-refractivity contribution >= 4 is 22.4 Å². The molecule has 0 amide bonds. The molecule has 0 aliphatic carbocycles. The number of hydrogen-bond donors (Lipinski definition) is 1. The van der Waals surface area contributed by atoms with Crippen molar-refractivity contribution in [1.29, 1.82) is 5.26 Å². The Morgan fingerprint density at radius 3 is 2.25 bits per heavy atom. The molecule has 0 atom stereocenters. The van der Waals surface area contributed by atoms with Crippen LogP contribution in [-0.4, -0.2) is 38.9 Å². The van der Waals surface area contributed by atoms with Crippen LogP contribution in [0, 0.1) is 11.3 Å². The Hall–Kier alpha value is -1.13. The number of nitrogens with zero attached hydrogens (tertiary/aromatic N) is 2. The van der Waals surface area contributed by atoms with Gasteiger partial charge in [-0.05, 0) is 44.2 Å². The Labute approximate surface area is 126 Å². The molecule has 20 heavy (non-hydrogen) atoms. The summed E-state index contributed by atoms with van der Waals surface area (Å²) in [7, 11) is -1.52. The maximum atomic E-state index is 12.4. The summed E-state index contributed by atoms with van der Waals surface area (Å²) >= 11 is 0. The van der Waals surface area contributed by atoms with Crippen molar-refractivity contribution in [2.75, 3.05) is 20.1 Å². The molecule has 0 aromatic heterocycles. The highest BCUT2D eigenvalue weighted by Gasteiger charge is 2.28. The van der Waals surface area contributed by atoms with Crippen LogP contribution in [0.25, 0.3) is 0 Å². The van der Waals surface area contributed by atoms with Crippen molar-refractivity contribution in [2.24, 2.45) is 0 Å². The van der Waals surface area contributed by atoms with Crippen molar-refractivity contribution in [3.8, 4) is 6.07 Å². The molecule has 1 heterocycles. The number of nitrogens with one attached hydrogen (secondary N) is 1. The summed E-state index contributed by atoms with van der Waals surface area (Å²) in [6.45, 7) is 1.07. The van der Waals surface area contributed by atoms with Crippen LogP contribution in [0.4, 0.5) is 0 Å². The minimum absolute atomic E-state index is 0. The van der Waals surface area contributed by atoms with Crippen LogP contribution in [0.5, 0.6) is 0 Å². The molecule has 0 radical (unpaired) electrons. The molecule has 0 spiro atoms. The lowest BCUT2D eigenvalue weighted by molar-refractivity contribution is 0.298. The third kappa shape index (κ3) is 3.49. The summed E-state index contributed by atoms with van der Waals surface area (Å²) in [5, 5.41) is 11.9. The van der Waals surface area contributed by atoms with Gasteiger partial charge in [0.25, 0.3) is 0 Å². The van der Waals surface area contributed by atoms with Gasteiger partial charge in [-0.25, -0.2) is 8.42 Å². The molecule has 0 unspecified atom stereocenters. The molecule has 0 bridgehead atoms. The fourth-order valence-corrected chi connectivity index (χ4v) is 3.71. The van der Waals surface area contributed by atoms with Crippen molar-refractivity contribution in [3.05, 3.63) is 29.8 Å². The van der Waals surface area contributed by atoms with E-state index < -0.39 is 10.0 Å². The third-order valence-electron chi connectivity index (χ3n) is 3.48. The second kappa shape index (κ2) is 7.04. The molecular weight excluding hydrogens is 298 g/mol. The Balaban J connectivity index is 0.00000200. The number of piperidine rings is 1. The summed E-state index contributed by atoms with van der Waals surface area (Å²) in [5.41, 5.74) is 0.466. The van der Waals surface area contributed by atoms with Gasteiger partial charge >= 0.3 is 0 Å². The first kappa shape index (κ1) is 16.9. The maximum Gasteiger partial charge on any atom is 0.243 e. The zero-order chi connectivity index (χ0) is 13.9. The SMILES string of the molecule is CNC1CCN(S(=O)(=O)c2ccc(C#N)cc2)CC1.Cl. The highest BCUT2D eigenvalue weighted by atomic mass is 35.5. The maximum absolute atomic E-state index is 12.4. The van der Waals surface area contributed by atoms with Crippen LogP contribution >= 0.6 is 12.4 Å². The number of sulfonamides is 1. The highest BCUT2D eigenvalue weighted by molar-refractivity contribution is 7.89. The van der Waals surface area contributed by atoms with Crippen molar-refractivity contribution < 1.29 is 8.42 Å². The third-order valence-corrected chi connectivity index (χ3v) is 5.40. The van der Waals surface area contributed by atoms with E-state index in [0.29, 0.717) is 24.7 Å². The molecule has 1 N–H and O–H groups in total. The molecule has 2 rings (SSSR count). The van der Waals surface area contributed by atoms with Gasteiger partial charge in [0.2, 0.25) is 10.0 Å². The lowest BCUT2D eigenvalue weighted by Gasteiger charge is -2.30. The molecule has 7 heteroatoms. The fraction of sp³-hybridized carbons (Fsp3) is 0.462. The van der Waals surface area contributed by atoms with Gasteiger partial charge in [0, 0.05) is 19.1 Å². The van der Waals surface area contributed by atoms with Gasteiger partial charge in [-0.1, -0.05) is 0 Å². The fourth-order valence-electron chi connectivity index (χ4n) is 2.24. The normalized spacial score (nSPS) is 17.2. The number of benzene rings is 1. The summed E-state index contributed by atoms with van der Waals surface area (Å²) in [4.78, 5) is 0.259. The molecule has 0 saturated carbocycles. The number of hydrogen-bond acceptors (Lipinski definition) is 4. The monoisotopic (exact) mass is 315 g/mol. The summed E-state index contributed by atoms with van der Waals surface area (Å²) in [6.07, 6.45) is 1.65. The van der Waals surface area contributed by atoms with E-state index in [-0.39, 0.29) is 17.3 Å². The van der Waals surface area contributed by atoms with Crippen LogP contribution in [0.2, 0.25) is 0 Å². The second-order valence-electron chi connectivity index (χ2n) is 4.60. The van der Waals surface area contributed by atoms with Gasteiger partial charge in [0.05, 0.1) is 16.5 Å². The minimum Gasteiger partial charge on any atom is -0.317 e. The second-order valence-corrected chi connectivity index (χ2v) is 6.54. The van der Waals surface area contributed by atoms with E-state index in [4.69, 9.17) is 5.26 Å². The smallest absolute Gasteiger partial charge is 0.243 e. The predicted octanol–water partition coefficient (Wildman–Crippen LogP) is 1.35. The van der Waals surface area contributed by atoms with E-state index in [1.807, 2.05) is 13.1 Å². The molecule has 110 valence electrons. The van der Waals surface area contributed by atoms with E-state index in [1.165, 1.54) is 28.6 Å². The first-order chi connectivity index (χ1) is 9.07. The molecule has 1 aromatic carbocycles. The Morgan fingerprint density at radius 2 is 1.80 bits per heavy atom. The first-order valence-electron chi connectivity index (χ1n) is 6.25. The van der Waals surface area contributed by atoms with E-state index in [0.717, 1.165) is 12.8 Å². The van der Waals surface area contributed by atoms with Gasteiger partial charge in [-0.2, -0.15) is 9.57 Å². The van der Waals surface area contributed by atoms with Crippen molar-refractivity contribution in [2.45, 2.75) is 23.8 Å². The minimum atomic E-state index is -3.42. The van der Waals surface area contributed by atoms with Crippen molar-refractivity contribution in [3.63, 3.8) is 0 Å². The Morgan fingerprint density at radius 1 is 1.25 bits per heavy atom. The number of nitriles is 1. The summed E-state index contributed by atoms with van der Waals surface area (Å²) in [5.74, 6) is 0. The Kier molecular flexibility index (Phi) is 5.96. The summed E-state index contributed by atoms with van der Waals surface area (Å²) < 4.78 is 26.3. The van der Waals surface area contributed by atoms with Gasteiger partial charge in [-0.15, -0.1) is 12.4 Å². The quantitative estimate of drug-likeness (QED) is 0.914. The van der Waals surface area contributed by atoms with Crippen molar-refractivity contribution in [1.82, 2.24) is 9.62 Å². The number of rotatable bonds is 3. The molecule has 1 aliphatic heterocycles. The topological polar surface area (TPSA) is 73.2 Å². The first-order valence-corrected chi connectivity index (χ1v) is 7.69. The van der Waals surface area contributed by atoms with E-state index in [1.54, 1.807) is 0 Å². The van der Waals surface area contributed by atoms with Gasteiger partial charge in [0.15, 0.2) is 0 Å². The average Bonchev–Trinajstić information content (AvgIpc) is 2.47. The number of halogens is 1. The standard InChI is InChI=1S/C13H17N3O2S.ClH/c1-15-12-6-8-16(9-7-12)19(17,18)13-4-2-11(10-14)3-5-13;/h2-5,12,15H,6-9H2,1H3;1H. The van der Waals surface area contributed by atoms with Gasteiger partial charge < -0.3 is 5.32 Å². The molecular formula is C13H18ClN3O2S. The molecule has 5 nitrogen and oxygen atoms in total. The van der Waals surface area contributed by atoms with Crippen LogP contribution < -0.4 is 5.32 Å². The lowest BCUT2D eigenvalue weighted by Crippen LogP contribution is -2.43. The van der Waals surface area contributed by atoms with Crippen LogP contribution in [-0.2, 0) is 10.0 Å². The van der Waals surface area contributed by atoms with Gasteiger partial charge in [0.1, 0.15) is 0 Å². The lowest BCUT2D eigenvalue weighted by atomic mass is 10.1. The molecule has 1 saturated heterocycles. The predicted molar refractivity (Wildman–Crippen MR) is 79.2 cm³/mol. The highest BCUT2D eigenvalue weighted by Crippen LogP contribution is 2.20. The van der Waals surface area contributed by atoms with E-state index >= 15 is 0 Å². The largest absolute Gasteiger partial charge is 0.317 e. The molecule has 1 fully saturated rings. The van der Waals surface area contributed by atoms with Crippen LogP contribution in [0.15, 0.2) is 29.2 Å². The van der Waals surface area contributed by atoms with E-state index in [2.05, 4.69) is 5.32 Å². The molecule has 1 aromatic rings. The summed E-state index contributed by atoms with van der Waals surface area (Å²) in [6, 6.07) is 8.44. The zero-order valence-corrected chi connectivity index (χ0v) is 12.9. The zero-order valence-electron chi connectivity index (χ0n) is 11.2. The van der Waals surface area contributed by atoms with Gasteiger partial charge in [-0.3, -0.25) is 0 Å². The Bertz CT molecular complexity index is 573.